The summed E-state index contributed by atoms with van der Waals surface area (Å²) < 4.78 is 6.56. The van der Waals surface area contributed by atoms with Crippen LogP contribution < -0.4 is 10.2 Å². The van der Waals surface area contributed by atoms with E-state index in [9.17, 15) is 4.79 Å². The molecule has 96 valence electrons. The summed E-state index contributed by atoms with van der Waals surface area (Å²) in [5, 5.41) is 20.6. The van der Waals surface area contributed by atoms with Gasteiger partial charge in [-0.05, 0) is 34.7 Å². The zero-order valence-electron chi connectivity index (χ0n) is 9.86. The van der Waals surface area contributed by atoms with E-state index in [0.717, 1.165) is 10.9 Å². The molecule has 0 aliphatic heterocycles. The molecule has 0 spiro atoms. The van der Waals surface area contributed by atoms with E-state index in [2.05, 4.69) is 15.5 Å². The van der Waals surface area contributed by atoms with Crippen molar-refractivity contribution in [2.24, 2.45) is 0 Å². The van der Waals surface area contributed by atoms with E-state index >= 15 is 0 Å². The van der Waals surface area contributed by atoms with Crippen LogP contribution in [0.2, 0.25) is 0 Å². The number of benzene rings is 1. The van der Waals surface area contributed by atoms with Crippen molar-refractivity contribution in [2.75, 3.05) is 7.11 Å². The molecule has 3 rings (SSSR count). The van der Waals surface area contributed by atoms with E-state index in [1.807, 2.05) is 0 Å². The average molecular weight is 259 g/mol. The molecule has 0 aliphatic rings. The van der Waals surface area contributed by atoms with Gasteiger partial charge >= 0.3 is 0 Å². The molecule has 0 unspecified atom stereocenters. The van der Waals surface area contributed by atoms with Gasteiger partial charge in [0.1, 0.15) is 5.75 Å². The summed E-state index contributed by atoms with van der Waals surface area (Å²) in [4.78, 5) is 11.6. The van der Waals surface area contributed by atoms with Gasteiger partial charge in [-0.15, -0.1) is 5.10 Å². The van der Waals surface area contributed by atoms with Crippen LogP contribution in [0.3, 0.4) is 0 Å². The maximum atomic E-state index is 11.6. The minimum Gasteiger partial charge on any atom is -0.497 e. The molecule has 0 aliphatic carbocycles. The number of carbonyl (C=O) groups is 1. The first-order valence-electron chi connectivity index (χ1n) is 5.38. The maximum Gasteiger partial charge on any atom is 0.278 e. The number of tetrazole rings is 1. The fourth-order valence-corrected chi connectivity index (χ4v) is 1.93. The summed E-state index contributed by atoms with van der Waals surface area (Å²) in [6.45, 7) is 0. The van der Waals surface area contributed by atoms with Crippen molar-refractivity contribution < 1.29 is 14.7 Å². The Morgan fingerprint density at radius 3 is 3.00 bits per heavy atom. The van der Waals surface area contributed by atoms with Gasteiger partial charge in [0.2, 0.25) is 0 Å². The standard InChI is InChI=1S/C11H9N5O3/c1-19-7-2-3-9-6(4-7)5-8(11(17)13-18)10-12-14-15-16(9)10/h2-5,18H,1H3,(H,13,17). The van der Waals surface area contributed by atoms with Crippen molar-refractivity contribution in [1.82, 2.24) is 25.5 Å². The molecule has 0 atom stereocenters. The largest absolute Gasteiger partial charge is 0.497 e. The smallest absolute Gasteiger partial charge is 0.278 e. The van der Waals surface area contributed by atoms with Gasteiger partial charge in [-0.3, -0.25) is 10.0 Å². The number of hydrogen-bond acceptors (Lipinski definition) is 6. The number of ether oxygens (including phenoxy) is 1. The van der Waals surface area contributed by atoms with Crippen molar-refractivity contribution in [2.45, 2.75) is 0 Å². The Morgan fingerprint density at radius 1 is 1.42 bits per heavy atom. The third-order valence-corrected chi connectivity index (χ3v) is 2.82. The van der Waals surface area contributed by atoms with Crippen LogP contribution in [0.25, 0.3) is 16.6 Å². The highest BCUT2D eigenvalue weighted by Crippen LogP contribution is 2.23. The number of carbonyl (C=O) groups excluding carboxylic acids is 1. The lowest BCUT2D eigenvalue weighted by Crippen LogP contribution is -2.19. The van der Waals surface area contributed by atoms with Crippen LogP contribution in [-0.4, -0.2) is 38.3 Å². The number of fused-ring (bicyclic) bond motifs is 3. The topological polar surface area (TPSA) is 102 Å². The number of nitrogens with zero attached hydrogens (tertiary/aromatic N) is 4. The Labute approximate surface area is 106 Å². The SMILES string of the molecule is COc1ccc2c(c1)cc(C(=O)NO)c1nnnn12. The lowest BCUT2D eigenvalue weighted by atomic mass is 10.1. The molecule has 8 heteroatoms. The highest BCUT2D eigenvalue weighted by Gasteiger charge is 2.15. The first kappa shape index (κ1) is 11.4. The molecule has 0 saturated heterocycles. The molecule has 3 aromatic rings. The second kappa shape index (κ2) is 4.18. The van der Waals surface area contributed by atoms with E-state index in [1.165, 1.54) is 4.52 Å². The van der Waals surface area contributed by atoms with Gasteiger partial charge in [0, 0.05) is 5.39 Å². The van der Waals surface area contributed by atoms with E-state index < -0.39 is 5.91 Å². The van der Waals surface area contributed by atoms with Gasteiger partial charge in [-0.25, -0.2) is 5.48 Å². The number of hydroxylamine groups is 1. The average Bonchev–Trinajstić information content (AvgIpc) is 2.94. The summed E-state index contributed by atoms with van der Waals surface area (Å²) >= 11 is 0. The van der Waals surface area contributed by atoms with Gasteiger partial charge in [-0.1, -0.05) is 0 Å². The monoisotopic (exact) mass is 259 g/mol. The van der Waals surface area contributed by atoms with Gasteiger partial charge in [0.05, 0.1) is 18.2 Å². The fourth-order valence-electron chi connectivity index (χ4n) is 1.93. The Bertz CT molecular complexity index is 782. The number of hydrogen-bond donors (Lipinski definition) is 2. The van der Waals surface area contributed by atoms with Crippen LogP contribution in [-0.2, 0) is 0 Å². The number of rotatable bonds is 2. The molecule has 1 aromatic carbocycles. The summed E-state index contributed by atoms with van der Waals surface area (Å²) in [7, 11) is 1.55. The van der Waals surface area contributed by atoms with E-state index in [0.29, 0.717) is 5.75 Å². The van der Waals surface area contributed by atoms with Crippen LogP contribution in [0.1, 0.15) is 10.4 Å². The van der Waals surface area contributed by atoms with Gasteiger partial charge in [0.15, 0.2) is 5.65 Å². The molecule has 2 N–H and O–H groups in total. The van der Waals surface area contributed by atoms with Crippen LogP contribution in [0.4, 0.5) is 0 Å². The minimum atomic E-state index is -0.676. The van der Waals surface area contributed by atoms with E-state index in [4.69, 9.17) is 9.94 Å². The quantitative estimate of drug-likeness (QED) is 0.510. The van der Waals surface area contributed by atoms with E-state index in [-0.39, 0.29) is 11.2 Å². The van der Waals surface area contributed by atoms with Crippen LogP contribution in [0.5, 0.6) is 5.75 Å². The van der Waals surface area contributed by atoms with Gasteiger partial charge in [0.25, 0.3) is 5.91 Å². The number of methoxy groups -OCH3 is 1. The van der Waals surface area contributed by atoms with Crippen molar-refractivity contribution >= 4 is 22.5 Å². The summed E-state index contributed by atoms with van der Waals surface area (Å²) in [5.74, 6) is -0.0280. The number of amides is 1. The normalized spacial score (nSPS) is 10.8. The van der Waals surface area contributed by atoms with Crippen molar-refractivity contribution in [3.63, 3.8) is 0 Å². The molecule has 0 saturated carbocycles. The molecular weight excluding hydrogens is 250 g/mol. The van der Waals surface area contributed by atoms with E-state index in [1.54, 1.807) is 36.9 Å². The number of pyridine rings is 1. The highest BCUT2D eigenvalue weighted by molar-refractivity contribution is 6.02. The third-order valence-electron chi connectivity index (χ3n) is 2.82. The van der Waals surface area contributed by atoms with Crippen molar-refractivity contribution in [1.29, 1.82) is 0 Å². The van der Waals surface area contributed by atoms with Gasteiger partial charge < -0.3 is 4.74 Å². The predicted molar refractivity (Wildman–Crippen MR) is 64.1 cm³/mol. The molecule has 19 heavy (non-hydrogen) atoms. The molecule has 2 heterocycles. The molecule has 0 radical (unpaired) electrons. The summed E-state index contributed by atoms with van der Waals surface area (Å²) in [6, 6.07) is 6.91. The Kier molecular flexibility index (Phi) is 2.50. The molecule has 2 aromatic heterocycles. The van der Waals surface area contributed by atoms with Crippen LogP contribution >= 0.6 is 0 Å². The second-order valence-electron chi connectivity index (χ2n) is 3.84. The zero-order valence-corrected chi connectivity index (χ0v) is 9.86. The van der Waals surface area contributed by atoms with Crippen molar-refractivity contribution in [3.05, 3.63) is 29.8 Å². The number of aromatic nitrogens is 4. The molecule has 8 nitrogen and oxygen atoms in total. The first-order valence-corrected chi connectivity index (χ1v) is 5.38. The molecule has 0 bridgehead atoms. The maximum absolute atomic E-state index is 11.6. The minimum absolute atomic E-state index is 0.174. The van der Waals surface area contributed by atoms with Crippen LogP contribution in [0, 0.1) is 0 Å². The molecule has 1 amide bonds. The highest BCUT2D eigenvalue weighted by atomic mass is 16.5. The summed E-state index contributed by atoms with van der Waals surface area (Å²) in [5.41, 5.74) is 2.75. The first-order chi connectivity index (χ1) is 9.24. The second-order valence-corrected chi connectivity index (χ2v) is 3.84. The Balaban J connectivity index is 2.40. The summed E-state index contributed by atoms with van der Waals surface area (Å²) in [6.07, 6.45) is 0. The Morgan fingerprint density at radius 2 is 2.26 bits per heavy atom. The fraction of sp³-hybridized carbons (Fsp3) is 0.0909. The Hall–Kier alpha value is -2.74. The van der Waals surface area contributed by atoms with Crippen LogP contribution in [0.15, 0.2) is 24.3 Å². The molecule has 0 fully saturated rings. The van der Waals surface area contributed by atoms with Crippen molar-refractivity contribution in [3.8, 4) is 5.75 Å². The zero-order chi connectivity index (χ0) is 13.4. The number of nitrogens with one attached hydrogen (secondary N) is 1. The molecular formula is C11H9N5O3. The third kappa shape index (κ3) is 1.66. The lowest BCUT2D eigenvalue weighted by Gasteiger charge is -2.06. The predicted octanol–water partition coefficient (Wildman–Crippen LogP) is 0.405. The lowest BCUT2D eigenvalue weighted by molar-refractivity contribution is 0.0707. The van der Waals surface area contributed by atoms with Gasteiger partial charge in [-0.2, -0.15) is 4.52 Å².